The van der Waals surface area contributed by atoms with E-state index in [0.29, 0.717) is 0 Å². The van der Waals surface area contributed by atoms with Gasteiger partial charge in [0, 0.05) is 40.4 Å². The quantitative estimate of drug-likeness (QED) is 0.559. The van der Waals surface area contributed by atoms with Crippen LogP contribution >= 0.6 is 0 Å². The average molecular weight is 259 g/mol. The fourth-order valence-corrected chi connectivity index (χ4v) is 2.67. The molecule has 1 aromatic carbocycles. The molecule has 0 radical (unpaired) electrons. The largest absolute Gasteiger partial charge is 0.353 e. The van der Waals surface area contributed by atoms with Crippen molar-refractivity contribution in [3.63, 3.8) is 0 Å². The number of hydrogen-bond donors (Lipinski definition) is 1. The van der Waals surface area contributed by atoms with Crippen molar-refractivity contribution in [3.8, 4) is 11.3 Å². The fraction of sp³-hybridized carbons (Fsp3) is 0.0588. The molecule has 0 spiro atoms. The lowest BCUT2D eigenvalue weighted by molar-refractivity contribution is 1.29. The highest BCUT2D eigenvalue weighted by atomic mass is 14.8. The van der Waals surface area contributed by atoms with E-state index in [-0.39, 0.29) is 0 Å². The summed E-state index contributed by atoms with van der Waals surface area (Å²) in [5.74, 6) is 0. The van der Waals surface area contributed by atoms with E-state index in [1.165, 1.54) is 16.3 Å². The molecular formula is C17H13N3. The lowest BCUT2D eigenvalue weighted by atomic mass is 10.1. The number of rotatable bonds is 1. The van der Waals surface area contributed by atoms with E-state index in [0.717, 1.165) is 22.3 Å². The summed E-state index contributed by atoms with van der Waals surface area (Å²) in [6.07, 6.45) is 5.48. The molecule has 0 atom stereocenters. The predicted molar refractivity (Wildman–Crippen MR) is 81.6 cm³/mol. The molecule has 0 aliphatic rings. The zero-order valence-electron chi connectivity index (χ0n) is 11.1. The van der Waals surface area contributed by atoms with Crippen LogP contribution < -0.4 is 0 Å². The Morgan fingerprint density at radius 1 is 1.00 bits per heavy atom. The number of pyridine rings is 2. The molecule has 3 nitrogen and oxygen atoms in total. The molecule has 0 fully saturated rings. The lowest BCUT2D eigenvalue weighted by Gasteiger charge is -2.01. The zero-order chi connectivity index (χ0) is 13.5. The minimum absolute atomic E-state index is 0.949. The van der Waals surface area contributed by atoms with Gasteiger partial charge in [-0.3, -0.25) is 9.97 Å². The Hall–Kier alpha value is -2.68. The Labute approximate surface area is 116 Å². The Bertz CT molecular complexity index is 907. The van der Waals surface area contributed by atoms with Gasteiger partial charge in [0.05, 0.1) is 11.2 Å². The minimum Gasteiger partial charge on any atom is -0.353 e. The fourth-order valence-electron chi connectivity index (χ4n) is 2.67. The van der Waals surface area contributed by atoms with Crippen molar-refractivity contribution in [2.75, 3.05) is 0 Å². The zero-order valence-corrected chi connectivity index (χ0v) is 11.1. The number of aromatic amines is 1. The Morgan fingerprint density at radius 3 is 2.80 bits per heavy atom. The maximum atomic E-state index is 4.52. The van der Waals surface area contributed by atoms with Crippen LogP contribution in [0.25, 0.3) is 33.1 Å². The highest BCUT2D eigenvalue weighted by Gasteiger charge is 2.10. The van der Waals surface area contributed by atoms with Gasteiger partial charge in [-0.1, -0.05) is 12.1 Å². The molecule has 96 valence electrons. The highest BCUT2D eigenvalue weighted by Crippen LogP contribution is 2.31. The molecule has 20 heavy (non-hydrogen) atoms. The van der Waals surface area contributed by atoms with Crippen LogP contribution in [0, 0.1) is 6.92 Å². The van der Waals surface area contributed by atoms with E-state index in [9.17, 15) is 0 Å². The van der Waals surface area contributed by atoms with Crippen molar-refractivity contribution in [2.24, 2.45) is 0 Å². The van der Waals surface area contributed by atoms with Crippen LogP contribution in [0.3, 0.4) is 0 Å². The predicted octanol–water partition coefficient (Wildman–Crippen LogP) is 4.09. The molecule has 3 heterocycles. The van der Waals surface area contributed by atoms with Crippen LogP contribution in [-0.4, -0.2) is 15.0 Å². The summed E-state index contributed by atoms with van der Waals surface area (Å²) >= 11 is 0. The molecule has 1 N–H and O–H groups in total. The third-order valence-electron chi connectivity index (χ3n) is 3.61. The van der Waals surface area contributed by atoms with Crippen LogP contribution in [0.15, 0.2) is 55.0 Å². The van der Waals surface area contributed by atoms with E-state index in [4.69, 9.17) is 0 Å². The maximum Gasteiger partial charge on any atom is 0.0958 e. The standard InChI is InChI=1S/C17H13N3/c1-11-4-5-13-14-6-8-19-16(12-3-2-7-18-10-12)17(14)20-15(13)9-11/h2-10,20H,1H3. The monoisotopic (exact) mass is 259 g/mol. The number of H-pyrrole nitrogens is 1. The second-order valence-corrected chi connectivity index (χ2v) is 5.00. The first-order valence-electron chi connectivity index (χ1n) is 6.60. The average Bonchev–Trinajstić information content (AvgIpc) is 2.85. The number of aromatic nitrogens is 3. The van der Waals surface area contributed by atoms with Gasteiger partial charge < -0.3 is 4.98 Å². The molecule has 0 unspecified atom stereocenters. The lowest BCUT2D eigenvalue weighted by Crippen LogP contribution is -1.85. The number of benzene rings is 1. The van der Waals surface area contributed by atoms with Crippen LogP contribution in [0.1, 0.15) is 5.56 Å². The van der Waals surface area contributed by atoms with Crippen LogP contribution in [0.4, 0.5) is 0 Å². The van der Waals surface area contributed by atoms with E-state index in [1.807, 2.05) is 24.5 Å². The van der Waals surface area contributed by atoms with Gasteiger partial charge in [-0.2, -0.15) is 0 Å². The van der Waals surface area contributed by atoms with Gasteiger partial charge in [-0.25, -0.2) is 0 Å². The summed E-state index contributed by atoms with van der Waals surface area (Å²) in [6.45, 7) is 2.10. The third kappa shape index (κ3) is 1.60. The molecule has 4 aromatic rings. The summed E-state index contributed by atoms with van der Waals surface area (Å²) in [5.41, 5.74) is 5.45. The summed E-state index contributed by atoms with van der Waals surface area (Å²) < 4.78 is 0. The summed E-state index contributed by atoms with van der Waals surface area (Å²) in [7, 11) is 0. The molecule has 0 aliphatic carbocycles. The Balaban J connectivity index is 2.11. The second-order valence-electron chi connectivity index (χ2n) is 5.00. The number of hydrogen-bond acceptors (Lipinski definition) is 2. The van der Waals surface area contributed by atoms with Crippen molar-refractivity contribution < 1.29 is 0 Å². The molecule has 0 amide bonds. The second kappa shape index (κ2) is 4.17. The molecule has 3 heteroatoms. The summed E-state index contributed by atoms with van der Waals surface area (Å²) in [5, 5.41) is 2.44. The first-order valence-corrected chi connectivity index (χ1v) is 6.60. The highest BCUT2D eigenvalue weighted by molar-refractivity contribution is 6.10. The molecule has 0 aliphatic heterocycles. The topological polar surface area (TPSA) is 41.6 Å². The maximum absolute atomic E-state index is 4.52. The van der Waals surface area contributed by atoms with Gasteiger partial charge in [0.25, 0.3) is 0 Å². The van der Waals surface area contributed by atoms with E-state index in [2.05, 4.69) is 46.1 Å². The van der Waals surface area contributed by atoms with E-state index >= 15 is 0 Å². The molecule has 0 bridgehead atoms. The van der Waals surface area contributed by atoms with Crippen LogP contribution in [0.5, 0.6) is 0 Å². The Kier molecular flexibility index (Phi) is 2.33. The SMILES string of the molecule is Cc1ccc2c(c1)[nH]c1c(-c3cccnc3)nccc12. The molecule has 4 rings (SSSR count). The molecular weight excluding hydrogens is 246 g/mol. The van der Waals surface area contributed by atoms with Gasteiger partial charge in [-0.05, 0) is 36.8 Å². The van der Waals surface area contributed by atoms with Crippen molar-refractivity contribution in [1.29, 1.82) is 0 Å². The smallest absolute Gasteiger partial charge is 0.0958 e. The van der Waals surface area contributed by atoms with Crippen molar-refractivity contribution in [2.45, 2.75) is 6.92 Å². The number of fused-ring (bicyclic) bond motifs is 3. The Morgan fingerprint density at radius 2 is 1.95 bits per heavy atom. The molecule has 0 saturated heterocycles. The third-order valence-corrected chi connectivity index (χ3v) is 3.61. The van der Waals surface area contributed by atoms with Crippen molar-refractivity contribution in [3.05, 3.63) is 60.6 Å². The first kappa shape index (κ1) is 11.2. The normalized spacial score (nSPS) is 11.2. The minimum atomic E-state index is 0.949. The van der Waals surface area contributed by atoms with Gasteiger partial charge in [0.2, 0.25) is 0 Å². The van der Waals surface area contributed by atoms with Crippen molar-refractivity contribution >= 4 is 21.8 Å². The van der Waals surface area contributed by atoms with Crippen molar-refractivity contribution in [1.82, 2.24) is 15.0 Å². The van der Waals surface area contributed by atoms with Gasteiger partial charge in [0.1, 0.15) is 0 Å². The summed E-state index contributed by atoms with van der Waals surface area (Å²) in [4.78, 5) is 12.2. The van der Waals surface area contributed by atoms with E-state index < -0.39 is 0 Å². The first-order chi connectivity index (χ1) is 9.83. The van der Waals surface area contributed by atoms with Crippen LogP contribution in [0.2, 0.25) is 0 Å². The number of nitrogens with one attached hydrogen (secondary N) is 1. The summed E-state index contributed by atoms with van der Waals surface area (Å²) in [6, 6.07) is 12.5. The van der Waals surface area contributed by atoms with Gasteiger partial charge in [-0.15, -0.1) is 0 Å². The van der Waals surface area contributed by atoms with E-state index in [1.54, 1.807) is 6.20 Å². The number of aryl methyl sites for hydroxylation is 1. The van der Waals surface area contributed by atoms with Gasteiger partial charge in [0.15, 0.2) is 0 Å². The molecule has 0 saturated carbocycles. The van der Waals surface area contributed by atoms with Gasteiger partial charge >= 0.3 is 0 Å². The van der Waals surface area contributed by atoms with Crippen LogP contribution in [-0.2, 0) is 0 Å². The number of nitrogens with zero attached hydrogens (tertiary/aromatic N) is 2. The molecule has 3 aromatic heterocycles.